The van der Waals surface area contributed by atoms with E-state index in [1.54, 1.807) is 0 Å². The van der Waals surface area contributed by atoms with E-state index in [0.717, 1.165) is 11.1 Å². The van der Waals surface area contributed by atoms with E-state index >= 15 is 0 Å². The summed E-state index contributed by atoms with van der Waals surface area (Å²) in [7, 11) is 0. The molecule has 142 valence electrons. The molecule has 0 fully saturated rings. The first kappa shape index (κ1) is 19.0. The summed E-state index contributed by atoms with van der Waals surface area (Å²) in [5, 5.41) is 25.4. The largest absolute Gasteiger partial charge is 0.478 e. The third kappa shape index (κ3) is 4.12. The summed E-state index contributed by atoms with van der Waals surface area (Å²) in [5.41, 5.74) is 3.75. The standard InChI is InChI=1S/C22H20N2O4/c1-13-3-7-15(8-4-13)23-19-17(21(25)26)11-12-18(22(27)28)20(19)24-16-9-5-14(2)6-10-16/h3-12,23-24H,1-2H3,(H,25,26)(H,27,28). The Morgan fingerprint density at radius 1 is 0.607 bits per heavy atom. The molecule has 4 N–H and O–H groups in total. The lowest BCUT2D eigenvalue weighted by molar-refractivity contribution is 0.0683. The van der Waals surface area contributed by atoms with Gasteiger partial charge < -0.3 is 20.8 Å². The van der Waals surface area contributed by atoms with Crippen LogP contribution in [0, 0.1) is 13.8 Å². The summed E-state index contributed by atoms with van der Waals surface area (Å²) in [6, 6.07) is 17.4. The van der Waals surface area contributed by atoms with Crippen LogP contribution in [-0.2, 0) is 0 Å². The molecule has 3 rings (SSSR count). The normalized spacial score (nSPS) is 10.4. The fourth-order valence-electron chi connectivity index (χ4n) is 2.78. The summed E-state index contributed by atoms with van der Waals surface area (Å²) in [4.78, 5) is 23.6. The first-order chi connectivity index (χ1) is 13.3. The van der Waals surface area contributed by atoms with Gasteiger partial charge in [-0.2, -0.15) is 0 Å². The Labute approximate surface area is 162 Å². The summed E-state index contributed by atoms with van der Waals surface area (Å²) in [5.74, 6) is -2.31. The Hall–Kier alpha value is -3.80. The second-order valence-electron chi connectivity index (χ2n) is 6.50. The highest BCUT2D eigenvalue weighted by Gasteiger charge is 2.21. The summed E-state index contributed by atoms with van der Waals surface area (Å²) in [6.45, 7) is 3.89. The molecule has 0 amide bonds. The third-order valence-electron chi connectivity index (χ3n) is 4.31. The molecule has 0 spiro atoms. The first-order valence-electron chi connectivity index (χ1n) is 8.66. The fraction of sp³-hybridized carbons (Fsp3) is 0.0909. The molecule has 3 aromatic rings. The number of anilines is 4. The zero-order valence-electron chi connectivity index (χ0n) is 15.5. The van der Waals surface area contributed by atoms with Crippen molar-refractivity contribution < 1.29 is 19.8 Å². The van der Waals surface area contributed by atoms with Gasteiger partial charge in [-0.05, 0) is 50.2 Å². The van der Waals surface area contributed by atoms with Crippen LogP contribution in [0.3, 0.4) is 0 Å². The van der Waals surface area contributed by atoms with Crippen LogP contribution in [0.5, 0.6) is 0 Å². The predicted molar refractivity (Wildman–Crippen MR) is 109 cm³/mol. The van der Waals surface area contributed by atoms with Crippen LogP contribution in [0.2, 0.25) is 0 Å². The number of aromatic carboxylic acids is 2. The van der Waals surface area contributed by atoms with Crippen LogP contribution in [0.4, 0.5) is 22.7 Å². The van der Waals surface area contributed by atoms with Gasteiger partial charge in [0.1, 0.15) is 0 Å². The smallest absolute Gasteiger partial charge is 0.337 e. The summed E-state index contributed by atoms with van der Waals surface area (Å²) >= 11 is 0. The molecule has 0 atom stereocenters. The molecule has 0 aromatic heterocycles. The SMILES string of the molecule is Cc1ccc(Nc2c(C(=O)O)ccc(C(=O)O)c2Nc2ccc(C)cc2)cc1. The zero-order chi connectivity index (χ0) is 20.3. The van der Waals surface area contributed by atoms with Crippen LogP contribution in [-0.4, -0.2) is 22.2 Å². The molecular weight excluding hydrogens is 356 g/mol. The monoisotopic (exact) mass is 376 g/mol. The fourth-order valence-corrected chi connectivity index (χ4v) is 2.78. The highest BCUT2D eigenvalue weighted by molar-refractivity contribution is 6.06. The molecule has 0 radical (unpaired) electrons. The van der Waals surface area contributed by atoms with Gasteiger partial charge in [0.25, 0.3) is 0 Å². The third-order valence-corrected chi connectivity index (χ3v) is 4.31. The van der Waals surface area contributed by atoms with E-state index in [0.29, 0.717) is 11.4 Å². The molecular formula is C22H20N2O4. The highest BCUT2D eigenvalue weighted by Crippen LogP contribution is 2.35. The second kappa shape index (κ2) is 7.84. The minimum atomic E-state index is -1.15. The Morgan fingerprint density at radius 2 is 0.929 bits per heavy atom. The van der Waals surface area contributed by atoms with Crippen LogP contribution >= 0.6 is 0 Å². The highest BCUT2D eigenvalue weighted by atomic mass is 16.4. The van der Waals surface area contributed by atoms with Gasteiger partial charge >= 0.3 is 11.9 Å². The van der Waals surface area contributed by atoms with E-state index in [4.69, 9.17) is 0 Å². The van der Waals surface area contributed by atoms with Gasteiger partial charge in [0.05, 0.1) is 22.5 Å². The molecule has 28 heavy (non-hydrogen) atoms. The predicted octanol–water partition coefficient (Wildman–Crippen LogP) is 5.19. The minimum Gasteiger partial charge on any atom is -0.478 e. The van der Waals surface area contributed by atoms with Gasteiger partial charge in [0.2, 0.25) is 0 Å². The van der Waals surface area contributed by atoms with E-state index in [1.807, 2.05) is 62.4 Å². The molecule has 0 saturated heterocycles. The molecule has 0 aliphatic carbocycles. The lowest BCUT2D eigenvalue weighted by Crippen LogP contribution is -2.11. The van der Waals surface area contributed by atoms with Crippen LogP contribution in [0.15, 0.2) is 60.7 Å². The number of rotatable bonds is 6. The van der Waals surface area contributed by atoms with Crippen molar-refractivity contribution in [2.24, 2.45) is 0 Å². The Bertz CT molecular complexity index is 941. The number of aryl methyl sites for hydroxylation is 2. The molecule has 0 bridgehead atoms. The first-order valence-corrected chi connectivity index (χ1v) is 8.66. The maximum absolute atomic E-state index is 11.8. The van der Waals surface area contributed by atoms with Crippen molar-refractivity contribution in [1.82, 2.24) is 0 Å². The van der Waals surface area contributed by atoms with Crippen molar-refractivity contribution in [1.29, 1.82) is 0 Å². The van der Waals surface area contributed by atoms with Crippen molar-refractivity contribution in [3.8, 4) is 0 Å². The number of benzene rings is 3. The number of hydrogen-bond donors (Lipinski definition) is 4. The number of nitrogens with one attached hydrogen (secondary N) is 2. The van der Waals surface area contributed by atoms with Crippen LogP contribution < -0.4 is 10.6 Å². The van der Waals surface area contributed by atoms with E-state index in [1.165, 1.54) is 12.1 Å². The van der Waals surface area contributed by atoms with E-state index in [9.17, 15) is 19.8 Å². The van der Waals surface area contributed by atoms with E-state index in [-0.39, 0.29) is 22.5 Å². The van der Waals surface area contributed by atoms with Crippen molar-refractivity contribution in [2.75, 3.05) is 10.6 Å². The lowest BCUT2D eigenvalue weighted by Gasteiger charge is -2.19. The number of carboxylic acids is 2. The summed E-state index contributed by atoms with van der Waals surface area (Å²) < 4.78 is 0. The topological polar surface area (TPSA) is 98.7 Å². The molecule has 3 aromatic carbocycles. The molecule has 0 unspecified atom stereocenters. The Balaban J connectivity index is 2.15. The number of carboxylic acid groups (broad SMARTS) is 2. The maximum atomic E-state index is 11.8. The van der Waals surface area contributed by atoms with Crippen molar-refractivity contribution >= 4 is 34.7 Å². The van der Waals surface area contributed by atoms with Gasteiger partial charge in [-0.25, -0.2) is 9.59 Å². The van der Waals surface area contributed by atoms with E-state index in [2.05, 4.69) is 10.6 Å². The molecule has 0 aliphatic heterocycles. The average Bonchev–Trinajstić information content (AvgIpc) is 2.66. The quantitative estimate of drug-likeness (QED) is 0.473. The zero-order valence-corrected chi connectivity index (χ0v) is 15.5. The van der Waals surface area contributed by atoms with Crippen LogP contribution in [0.25, 0.3) is 0 Å². The molecule has 6 nitrogen and oxygen atoms in total. The molecule has 0 aliphatic rings. The lowest BCUT2D eigenvalue weighted by atomic mass is 10.0. The maximum Gasteiger partial charge on any atom is 0.337 e. The van der Waals surface area contributed by atoms with Crippen LogP contribution in [0.1, 0.15) is 31.8 Å². The van der Waals surface area contributed by atoms with Crippen molar-refractivity contribution in [3.63, 3.8) is 0 Å². The Kier molecular flexibility index (Phi) is 5.31. The molecule has 6 heteroatoms. The minimum absolute atomic E-state index is 0.0276. The van der Waals surface area contributed by atoms with Gasteiger partial charge in [0.15, 0.2) is 0 Å². The second-order valence-corrected chi connectivity index (χ2v) is 6.50. The van der Waals surface area contributed by atoms with Gasteiger partial charge in [-0.3, -0.25) is 0 Å². The number of hydrogen-bond acceptors (Lipinski definition) is 4. The Morgan fingerprint density at radius 3 is 1.21 bits per heavy atom. The molecule has 0 heterocycles. The number of carbonyl (C=O) groups is 2. The van der Waals surface area contributed by atoms with Gasteiger partial charge in [-0.15, -0.1) is 0 Å². The molecule has 0 saturated carbocycles. The summed E-state index contributed by atoms with van der Waals surface area (Å²) in [6.07, 6.45) is 0. The average molecular weight is 376 g/mol. The van der Waals surface area contributed by atoms with Crippen molar-refractivity contribution in [3.05, 3.63) is 82.9 Å². The van der Waals surface area contributed by atoms with E-state index < -0.39 is 11.9 Å². The van der Waals surface area contributed by atoms with Gasteiger partial charge in [0, 0.05) is 11.4 Å². The van der Waals surface area contributed by atoms with Crippen molar-refractivity contribution in [2.45, 2.75) is 13.8 Å². The van der Waals surface area contributed by atoms with Gasteiger partial charge in [-0.1, -0.05) is 35.4 Å².